The highest BCUT2D eigenvalue weighted by atomic mass is 16.2. The predicted octanol–water partition coefficient (Wildman–Crippen LogP) is -0.200. The number of carbonyl (C=O) groups excluding carboxylic acids is 2. The summed E-state index contributed by atoms with van der Waals surface area (Å²) in [5.74, 6) is -0.506. The second-order valence-corrected chi connectivity index (χ2v) is 2.87. The van der Waals surface area contributed by atoms with Crippen LogP contribution in [-0.4, -0.2) is 18.4 Å². The maximum atomic E-state index is 10.8. The Hall–Kier alpha value is -1.32. The highest BCUT2D eigenvalue weighted by Crippen LogP contribution is 1.86. The minimum atomic E-state index is -0.616. The minimum absolute atomic E-state index is 0.289. The minimum Gasteiger partial charge on any atom is -0.366 e. The molecule has 4 heteroatoms. The predicted molar refractivity (Wildman–Crippen MR) is 46.2 cm³/mol. The van der Waals surface area contributed by atoms with Crippen molar-refractivity contribution in [3.05, 3.63) is 12.2 Å². The van der Waals surface area contributed by atoms with Crippen LogP contribution in [-0.2, 0) is 9.59 Å². The molecule has 68 valence electrons. The molecule has 0 fully saturated rings. The summed E-state index contributed by atoms with van der Waals surface area (Å²) in [6.45, 7) is 4.57. The Morgan fingerprint density at radius 2 is 2.00 bits per heavy atom. The molecule has 0 aromatic rings. The monoisotopic (exact) mass is 170 g/mol. The molecule has 12 heavy (non-hydrogen) atoms. The molecule has 0 aliphatic carbocycles. The molecular weight excluding hydrogens is 156 g/mol. The fraction of sp³-hybridized carbons (Fsp3) is 0.500. The maximum absolute atomic E-state index is 10.8. The normalized spacial score (nSPS) is 10.6. The van der Waals surface area contributed by atoms with E-state index in [9.17, 15) is 9.59 Å². The van der Waals surface area contributed by atoms with Crippen LogP contribution in [0.3, 0.4) is 0 Å². The molecule has 0 aromatic carbocycles. The molecule has 0 rings (SSSR count). The summed E-state index contributed by atoms with van der Waals surface area (Å²) < 4.78 is 0. The SMILES string of the molecule is CC(C)CNC(=O)/C=C\C(N)=O. The number of rotatable bonds is 4. The van der Waals surface area contributed by atoms with E-state index in [0.717, 1.165) is 12.2 Å². The van der Waals surface area contributed by atoms with Crippen molar-refractivity contribution < 1.29 is 9.59 Å². The van der Waals surface area contributed by atoms with Crippen molar-refractivity contribution in [2.45, 2.75) is 13.8 Å². The molecule has 2 amide bonds. The van der Waals surface area contributed by atoms with Gasteiger partial charge in [0.25, 0.3) is 0 Å². The number of amides is 2. The third-order valence-electron chi connectivity index (χ3n) is 1.08. The Bertz CT molecular complexity index is 197. The summed E-state index contributed by atoms with van der Waals surface area (Å²) in [5.41, 5.74) is 4.79. The average Bonchev–Trinajstić information content (AvgIpc) is 1.96. The van der Waals surface area contributed by atoms with Gasteiger partial charge in [-0.1, -0.05) is 13.8 Å². The summed E-state index contributed by atoms with van der Waals surface area (Å²) in [6, 6.07) is 0. The molecule has 0 saturated carbocycles. The third kappa shape index (κ3) is 6.80. The molecule has 0 heterocycles. The zero-order chi connectivity index (χ0) is 9.56. The number of carbonyl (C=O) groups is 2. The van der Waals surface area contributed by atoms with Gasteiger partial charge in [0.2, 0.25) is 11.8 Å². The Morgan fingerprint density at radius 3 is 2.42 bits per heavy atom. The van der Waals surface area contributed by atoms with Crippen LogP contribution in [0.4, 0.5) is 0 Å². The van der Waals surface area contributed by atoms with E-state index >= 15 is 0 Å². The van der Waals surface area contributed by atoms with Crippen molar-refractivity contribution in [2.75, 3.05) is 6.54 Å². The molecule has 0 atom stereocenters. The van der Waals surface area contributed by atoms with E-state index in [2.05, 4.69) is 5.32 Å². The van der Waals surface area contributed by atoms with E-state index in [-0.39, 0.29) is 5.91 Å². The van der Waals surface area contributed by atoms with Crippen LogP contribution in [0.15, 0.2) is 12.2 Å². The lowest BCUT2D eigenvalue weighted by molar-refractivity contribution is -0.117. The van der Waals surface area contributed by atoms with E-state index in [1.54, 1.807) is 0 Å². The first-order valence-corrected chi connectivity index (χ1v) is 3.77. The van der Waals surface area contributed by atoms with E-state index in [0.29, 0.717) is 12.5 Å². The van der Waals surface area contributed by atoms with E-state index < -0.39 is 5.91 Å². The Balaban J connectivity index is 3.67. The molecule has 0 aliphatic heterocycles. The molecule has 0 unspecified atom stereocenters. The maximum Gasteiger partial charge on any atom is 0.244 e. The Kier molecular flexibility index (Phi) is 4.76. The van der Waals surface area contributed by atoms with Crippen molar-refractivity contribution in [1.29, 1.82) is 0 Å². The van der Waals surface area contributed by atoms with Gasteiger partial charge in [-0.05, 0) is 5.92 Å². The van der Waals surface area contributed by atoms with Gasteiger partial charge in [-0.25, -0.2) is 0 Å². The van der Waals surface area contributed by atoms with Gasteiger partial charge < -0.3 is 11.1 Å². The van der Waals surface area contributed by atoms with Gasteiger partial charge in [-0.3, -0.25) is 9.59 Å². The molecule has 0 radical (unpaired) electrons. The second kappa shape index (κ2) is 5.35. The summed E-state index contributed by atoms with van der Waals surface area (Å²) in [7, 11) is 0. The molecule has 4 nitrogen and oxygen atoms in total. The Labute approximate surface area is 71.8 Å². The summed E-state index contributed by atoms with van der Waals surface area (Å²) in [6.07, 6.45) is 2.17. The number of hydrogen-bond acceptors (Lipinski definition) is 2. The van der Waals surface area contributed by atoms with Crippen molar-refractivity contribution in [2.24, 2.45) is 11.7 Å². The number of nitrogens with one attached hydrogen (secondary N) is 1. The van der Waals surface area contributed by atoms with Gasteiger partial charge >= 0.3 is 0 Å². The van der Waals surface area contributed by atoms with Crippen LogP contribution >= 0.6 is 0 Å². The molecule has 0 aliphatic rings. The smallest absolute Gasteiger partial charge is 0.244 e. The molecular formula is C8H14N2O2. The summed E-state index contributed by atoms with van der Waals surface area (Å²) in [5, 5.41) is 2.60. The van der Waals surface area contributed by atoms with Crippen molar-refractivity contribution in [3.63, 3.8) is 0 Å². The van der Waals surface area contributed by atoms with E-state index in [4.69, 9.17) is 5.73 Å². The third-order valence-corrected chi connectivity index (χ3v) is 1.08. The average molecular weight is 170 g/mol. The van der Waals surface area contributed by atoms with Crippen molar-refractivity contribution in [1.82, 2.24) is 5.32 Å². The first kappa shape index (κ1) is 10.7. The molecule has 3 N–H and O–H groups in total. The summed E-state index contributed by atoms with van der Waals surface area (Å²) >= 11 is 0. The number of hydrogen-bond donors (Lipinski definition) is 2. The van der Waals surface area contributed by atoms with Crippen LogP contribution in [0.25, 0.3) is 0 Å². The first-order valence-electron chi connectivity index (χ1n) is 3.77. The zero-order valence-corrected chi connectivity index (χ0v) is 7.33. The van der Waals surface area contributed by atoms with Crippen molar-refractivity contribution in [3.8, 4) is 0 Å². The van der Waals surface area contributed by atoms with Crippen LogP contribution in [0.5, 0.6) is 0 Å². The van der Waals surface area contributed by atoms with Crippen LogP contribution < -0.4 is 11.1 Å². The lowest BCUT2D eigenvalue weighted by Gasteiger charge is -2.03. The largest absolute Gasteiger partial charge is 0.366 e. The van der Waals surface area contributed by atoms with E-state index in [1.165, 1.54) is 0 Å². The fourth-order valence-electron chi connectivity index (χ4n) is 0.521. The van der Waals surface area contributed by atoms with Crippen LogP contribution in [0.2, 0.25) is 0 Å². The zero-order valence-electron chi connectivity index (χ0n) is 7.33. The number of primary amides is 1. The lowest BCUT2D eigenvalue weighted by Crippen LogP contribution is -2.25. The van der Waals surface area contributed by atoms with Crippen LogP contribution in [0.1, 0.15) is 13.8 Å². The van der Waals surface area contributed by atoms with Gasteiger partial charge in [0.1, 0.15) is 0 Å². The molecule has 0 spiro atoms. The van der Waals surface area contributed by atoms with Crippen molar-refractivity contribution >= 4 is 11.8 Å². The van der Waals surface area contributed by atoms with Gasteiger partial charge in [0.05, 0.1) is 0 Å². The summed E-state index contributed by atoms with van der Waals surface area (Å²) in [4.78, 5) is 21.0. The molecule has 0 saturated heterocycles. The highest BCUT2D eigenvalue weighted by molar-refractivity contribution is 5.95. The van der Waals surface area contributed by atoms with Gasteiger partial charge in [0, 0.05) is 18.7 Å². The van der Waals surface area contributed by atoms with Gasteiger partial charge in [0.15, 0.2) is 0 Å². The van der Waals surface area contributed by atoms with Gasteiger partial charge in [-0.15, -0.1) is 0 Å². The second-order valence-electron chi connectivity index (χ2n) is 2.87. The molecule has 0 aromatic heterocycles. The fourth-order valence-corrected chi connectivity index (χ4v) is 0.521. The topological polar surface area (TPSA) is 72.2 Å². The molecule has 0 bridgehead atoms. The van der Waals surface area contributed by atoms with E-state index in [1.807, 2.05) is 13.8 Å². The number of nitrogens with two attached hydrogens (primary N) is 1. The highest BCUT2D eigenvalue weighted by Gasteiger charge is 1.97. The first-order chi connectivity index (χ1) is 5.52. The standard InChI is InChI=1S/C8H14N2O2/c1-6(2)5-10-8(12)4-3-7(9)11/h3-4,6H,5H2,1-2H3,(H2,9,11)(H,10,12)/b4-3-. The quantitative estimate of drug-likeness (QED) is 0.573. The lowest BCUT2D eigenvalue weighted by atomic mass is 10.2. The Morgan fingerprint density at radius 1 is 1.42 bits per heavy atom. The van der Waals surface area contributed by atoms with Crippen LogP contribution in [0, 0.1) is 5.92 Å². The van der Waals surface area contributed by atoms with Gasteiger partial charge in [-0.2, -0.15) is 0 Å².